The number of halogens is 2. The summed E-state index contributed by atoms with van der Waals surface area (Å²) in [5.41, 5.74) is 8.89. The molecule has 6 heteroatoms. The van der Waals surface area contributed by atoms with Gasteiger partial charge in [-0.15, -0.1) is 0 Å². The maximum absolute atomic E-state index is 13.6. The van der Waals surface area contributed by atoms with Gasteiger partial charge >= 0.3 is 0 Å². The predicted octanol–water partition coefficient (Wildman–Crippen LogP) is 3.89. The molecule has 0 spiro atoms. The van der Waals surface area contributed by atoms with Gasteiger partial charge in [-0.1, -0.05) is 42.5 Å². The lowest BCUT2D eigenvalue weighted by Crippen LogP contribution is -2.41. The fourth-order valence-corrected chi connectivity index (χ4v) is 4.50. The number of nitrogens with one attached hydrogen (secondary N) is 2. The van der Waals surface area contributed by atoms with Crippen LogP contribution in [0.4, 0.5) is 14.5 Å². The zero-order valence-electron chi connectivity index (χ0n) is 15.4. The zero-order valence-corrected chi connectivity index (χ0v) is 15.4. The highest BCUT2D eigenvalue weighted by Crippen LogP contribution is 2.48. The van der Waals surface area contributed by atoms with Gasteiger partial charge in [-0.05, 0) is 47.5 Å². The van der Waals surface area contributed by atoms with Crippen molar-refractivity contribution in [1.82, 2.24) is 10.9 Å². The Kier molecular flexibility index (Phi) is 4.38. The van der Waals surface area contributed by atoms with Crippen molar-refractivity contribution in [2.45, 2.75) is 18.1 Å². The number of fused-ring (bicyclic) bond motifs is 1. The number of anilines is 1. The van der Waals surface area contributed by atoms with Gasteiger partial charge in [-0.2, -0.15) is 0 Å². The molecule has 1 amide bonds. The smallest absolute Gasteiger partial charge is 0.246 e. The normalized spacial score (nSPS) is 26.0. The van der Waals surface area contributed by atoms with Gasteiger partial charge in [0.05, 0.1) is 12.1 Å². The van der Waals surface area contributed by atoms with E-state index in [1.807, 2.05) is 30.3 Å². The molecule has 0 aromatic heterocycles. The molecule has 146 valence electrons. The molecule has 29 heavy (non-hydrogen) atoms. The summed E-state index contributed by atoms with van der Waals surface area (Å²) in [6, 6.07) is 21.1. The largest absolute Gasteiger partial charge is 0.303 e. The molecule has 2 fully saturated rings. The molecule has 4 nitrogen and oxygen atoms in total. The average Bonchev–Trinajstić information content (AvgIpc) is 3.29. The van der Waals surface area contributed by atoms with E-state index in [0.29, 0.717) is 0 Å². The summed E-state index contributed by atoms with van der Waals surface area (Å²) < 4.78 is 27.0. The molecule has 5 rings (SSSR count). The molecule has 2 aliphatic rings. The number of nitrogens with zero attached hydrogens (tertiary/aromatic N) is 1. The van der Waals surface area contributed by atoms with E-state index in [2.05, 4.69) is 10.9 Å². The Balaban J connectivity index is 1.62. The molecular weight excluding hydrogens is 372 g/mol. The van der Waals surface area contributed by atoms with Crippen molar-refractivity contribution < 1.29 is 13.6 Å². The van der Waals surface area contributed by atoms with Crippen LogP contribution in [0.25, 0.3) is 0 Å². The third-order valence-corrected chi connectivity index (χ3v) is 5.79. The van der Waals surface area contributed by atoms with Crippen LogP contribution < -0.4 is 15.8 Å². The highest BCUT2D eigenvalue weighted by Gasteiger charge is 2.55. The molecule has 3 aromatic carbocycles. The van der Waals surface area contributed by atoms with Crippen LogP contribution in [0.5, 0.6) is 0 Å². The summed E-state index contributed by atoms with van der Waals surface area (Å²) in [6.07, 6.45) is 0. The maximum Gasteiger partial charge on any atom is 0.246 e. The summed E-state index contributed by atoms with van der Waals surface area (Å²) in [4.78, 5) is 15.1. The number of hydrogen-bond donors (Lipinski definition) is 2. The van der Waals surface area contributed by atoms with Crippen LogP contribution in [-0.4, -0.2) is 11.9 Å². The Hall–Kier alpha value is -3.09. The van der Waals surface area contributed by atoms with Crippen molar-refractivity contribution in [3.05, 3.63) is 102 Å². The Morgan fingerprint density at radius 3 is 1.86 bits per heavy atom. The summed E-state index contributed by atoms with van der Waals surface area (Å²) in [6.45, 7) is 0. The summed E-state index contributed by atoms with van der Waals surface area (Å²) in [5, 5.41) is 0. The van der Waals surface area contributed by atoms with E-state index in [-0.39, 0.29) is 35.5 Å². The first-order chi connectivity index (χ1) is 14.1. The molecular formula is C23H19F2N3O. The fraction of sp³-hybridized carbons (Fsp3) is 0.174. The number of amides is 1. The monoisotopic (exact) mass is 391 g/mol. The topological polar surface area (TPSA) is 44.4 Å². The lowest BCUT2D eigenvalue weighted by atomic mass is 9.83. The average molecular weight is 391 g/mol. The van der Waals surface area contributed by atoms with E-state index in [1.54, 1.807) is 29.2 Å². The minimum atomic E-state index is -0.444. The number of rotatable bonds is 3. The second-order valence-corrected chi connectivity index (χ2v) is 7.41. The Morgan fingerprint density at radius 1 is 0.690 bits per heavy atom. The summed E-state index contributed by atoms with van der Waals surface area (Å²) >= 11 is 0. The number of para-hydroxylation sites is 1. The molecule has 0 bridgehead atoms. The van der Waals surface area contributed by atoms with E-state index in [4.69, 9.17) is 0 Å². The molecule has 0 aliphatic carbocycles. The SMILES string of the molecule is O=C1C2NNC(c3ccc(F)cc3)C2C(c2ccc(F)cc2)N1c1ccccc1. The van der Waals surface area contributed by atoms with Gasteiger partial charge in [0.15, 0.2) is 0 Å². The lowest BCUT2D eigenvalue weighted by Gasteiger charge is -2.31. The number of hydrogen-bond acceptors (Lipinski definition) is 3. The van der Waals surface area contributed by atoms with Crippen molar-refractivity contribution in [2.24, 2.45) is 5.92 Å². The van der Waals surface area contributed by atoms with E-state index in [0.717, 1.165) is 16.8 Å². The van der Waals surface area contributed by atoms with Crippen molar-refractivity contribution >= 4 is 11.6 Å². The molecule has 3 aromatic rings. The predicted molar refractivity (Wildman–Crippen MR) is 106 cm³/mol. The molecule has 0 radical (unpaired) electrons. The van der Waals surface area contributed by atoms with E-state index in [9.17, 15) is 13.6 Å². The zero-order chi connectivity index (χ0) is 20.0. The Morgan fingerprint density at radius 2 is 1.24 bits per heavy atom. The molecule has 2 N–H and O–H groups in total. The van der Waals surface area contributed by atoms with Crippen LogP contribution in [0, 0.1) is 17.6 Å². The molecule has 2 heterocycles. The second-order valence-electron chi connectivity index (χ2n) is 7.41. The van der Waals surface area contributed by atoms with Gasteiger partial charge < -0.3 is 4.90 Å². The fourth-order valence-electron chi connectivity index (χ4n) is 4.50. The van der Waals surface area contributed by atoms with Gasteiger partial charge in [-0.25, -0.2) is 19.6 Å². The van der Waals surface area contributed by atoms with Crippen molar-refractivity contribution in [1.29, 1.82) is 0 Å². The van der Waals surface area contributed by atoms with Gasteiger partial charge in [-0.3, -0.25) is 4.79 Å². The van der Waals surface area contributed by atoms with Crippen LogP contribution in [-0.2, 0) is 4.79 Å². The third kappa shape index (κ3) is 3.01. The first-order valence-corrected chi connectivity index (χ1v) is 9.53. The first-order valence-electron chi connectivity index (χ1n) is 9.53. The van der Waals surface area contributed by atoms with Crippen molar-refractivity contribution in [3.63, 3.8) is 0 Å². The van der Waals surface area contributed by atoms with Gasteiger partial charge in [0.25, 0.3) is 0 Å². The standard InChI is InChI=1S/C23H19F2N3O/c24-16-10-6-14(7-11-16)20-19-21(27-26-20)23(29)28(18-4-2-1-3-5-18)22(19)15-8-12-17(25)13-9-15/h1-13,19-22,26-27H. The molecule has 4 unspecified atom stereocenters. The second kappa shape index (κ2) is 7.06. The summed E-state index contributed by atoms with van der Waals surface area (Å²) in [5.74, 6) is -0.829. The quantitative estimate of drug-likeness (QED) is 0.712. The van der Waals surface area contributed by atoms with Gasteiger partial charge in [0.1, 0.15) is 17.7 Å². The van der Waals surface area contributed by atoms with Crippen LogP contribution in [0.2, 0.25) is 0 Å². The van der Waals surface area contributed by atoms with Crippen LogP contribution in [0.15, 0.2) is 78.9 Å². The van der Waals surface area contributed by atoms with Crippen LogP contribution in [0.1, 0.15) is 23.2 Å². The van der Waals surface area contributed by atoms with Gasteiger partial charge in [0.2, 0.25) is 5.91 Å². The Bertz CT molecular complexity index is 1020. The van der Waals surface area contributed by atoms with Gasteiger partial charge in [0, 0.05) is 11.6 Å². The Labute approximate surface area is 167 Å². The van der Waals surface area contributed by atoms with Crippen LogP contribution >= 0.6 is 0 Å². The maximum atomic E-state index is 13.6. The summed E-state index contributed by atoms with van der Waals surface area (Å²) in [7, 11) is 0. The number of hydrazine groups is 1. The van der Waals surface area contributed by atoms with Crippen LogP contribution in [0.3, 0.4) is 0 Å². The highest BCUT2D eigenvalue weighted by atomic mass is 19.1. The third-order valence-electron chi connectivity index (χ3n) is 5.79. The van der Waals surface area contributed by atoms with E-state index < -0.39 is 6.04 Å². The van der Waals surface area contributed by atoms with Crippen molar-refractivity contribution in [2.75, 3.05) is 4.90 Å². The van der Waals surface area contributed by atoms with E-state index in [1.165, 1.54) is 24.3 Å². The minimum absolute atomic E-state index is 0.0485. The molecule has 2 aliphatic heterocycles. The molecule has 4 atom stereocenters. The van der Waals surface area contributed by atoms with E-state index >= 15 is 0 Å². The number of benzene rings is 3. The lowest BCUT2D eigenvalue weighted by molar-refractivity contribution is -0.119. The van der Waals surface area contributed by atoms with Crippen molar-refractivity contribution in [3.8, 4) is 0 Å². The highest BCUT2D eigenvalue weighted by molar-refractivity contribution is 6.01. The number of carbonyl (C=O) groups excluding carboxylic acids is 1. The molecule has 2 saturated heterocycles. The molecule has 0 saturated carbocycles. The minimum Gasteiger partial charge on any atom is -0.303 e. The first kappa shape index (κ1) is 18.0. The number of carbonyl (C=O) groups is 1.